The molecule has 1 aromatic carbocycles. The third-order valence-corrected chi connectivity index (χ3v) is 15.5. The van der Waals surface area contributed by atoms with Gasteiger partial charge >= 0.3 is 5.97 Å². The van der Waals surface area contributed by atoms with Crippen LogP contribution in [-0.4, -0.2) is 22.7 Å². The van der Waals surface area contributed by atoms with Gasteiger partial charge in [0.2, 0.25) is 0 Å². The SMILES string of the molecule is Cc1nc2c(s1)C[C@@]1(C)[C@@H](CC[C@]3(C)[C@@H]1CC=C1[C@@H]4CC(C)(C)CC[C@]4(C(=O)OCc4ccccc4)CC[C@]13C)[C@]2(C)CO. The number of benzene rings is 1. The zero-order valence-electron chi connectivity index (χ0n) is 28.1. The highest BCUT2D eigenvalue weighted by atomic mass is 32.1. The van der Waals surface area contributed by atoms with Gasteiger partial charge in [0.15, 0.2) is 0 Å². The lowest BCUT2D eigenvalue weighted by atomic mass is 9.34. The Kier molecular flexibility index (Phi) is 6.97. The average molecular weight is 616 g/mol. The number of nitrogens with zero attached hydrogens (tertiary/aromatic N) is 1. The summed E-state index contributed by atoms with van der Waals surface area (Å²) in [7, 11) is 0. The molecule has 5 aliphatic rings. The van der Waals surface area contributed by atoms with Crippen molar-refractivity contribution in [2.45, 2.75) is 118 Å². The normalized spacial score (nSPS) is 42.1. The van der Waals surface area contributed by atoms with Crippen molar-refractivity contribution in [3.63, 3.8) is 0 Å². The van der Waals surface area contributed by atoms with Crippen LogP contribution in [0.25, 0.3) is 0 Å². The Bertz CT molecular complexity index is 1490. The molecule has 1 heterocycles. The fourth-order valence-electron chi connectivity index (χ4n) is 11.9. The summed E-state index contributed by atoms with van der Waals surface area (Å²) >= 11 is 1.85. The molecule has 238 valence electrons. The zero-order valence-corrected chi connectivity index (χ0v) is 28.9. The van der Waals surface area contributed by atoms with Crippen molar-refractivity contribution >= 4 is 17.3 Å². The minimum Gasteiger partial charge on any atom is -0.460 e. The summed E-state index contributed by atoms with van der Waals surface area (Å²) in [5.74, 6) is 1.21. The highest BCUT2D eigenvalue weighted by molar-refractivity contribution is 7.11. The second-order valence-corrected chi connectivity index (χ2v) is 18.5. The maximum absolute atomic E-state index is 14.3. The molecular weight excluding hydrogens is 563 g/mol. The van der Waals surface area contributed by atoms with Gasteiger partial charge in [-0.25, -0.2) is 4.98 Å². The topological polar surface area (TPSA) is 59.4 Å². The largest absolute Gasteiger partial charge is 0.460 e. The van der Waals surface area contributed by atoms with Crippen LogP contribution in [0.15, 0.2) is 42.0 Å². The highest BCUT2D eigenvalue weighted by Crippen LogP contribution is 2.75. The first kappa shape index (κ1) is 30.7. The predicted octanol–water partition coefficient (Wildman–Crippen LogP) is 8.98. The van der Waals surface area contributed by atoms with Crippen molar-refractivity contribution in [1.82, 2.24) is 4.98 Å². The van der Waals surface area contributed by atoms with Gasteiger partial charge in [0.1, 0.15) is 6.61 Å². The number of carbonyl (C=O) groups excluding carboxylic acids is 1. The number of fused-ring (bicyclic) bond motifs is 8. The number of aromatic nitrogens is 1. The Morgan fingerprint density at radius 2 is 1.73 bits per heavy atom. The first-order valence-electron chi connectivity index (χ1n) is 17.2. The molecule has 5 heteroatoms. The van der Waals surface area contributed by atoms with Crippen LogP contribution in [0, 0.1) is 51.8 Å². The summed E-state index contributed by atoms with van der Waals surface area (Å²) in [5.41, 5.74) is 3.58. The van der Waals surface area contributed by atoms with E-state index >= 15 is 0 Å². The molecule has 0 radical (unpaired) electrons. The van der Waals surface area contributed by atoms with E-state index in [-0.39, 0.29) is 45.6 Å². The van der Waals surface area contributed by atoms with E-state index in [0.717, 1.165) is 61.9 Å². The van der Waals surface area contributed by atoms with Crippen LogP contribution in [0.4, 0.5) is 0 Å². The number of aliphatic hydroxyl groups is 1. The van der Waals surface area contributed by atoms with Crippen molar-refractivity contribution in [3.05, 3.63) is 63.1 Å². The van der Waals surface area contributed by atoms with Gasteiger partial charge in [-0.05, 0) is 110 Å². The van der Waals surface area contributed by atoms with Crippen LogP contribution in [0.2, 0.25) is 0 Å². The van der Waals surface area contributed by atoms with E-state index < -0.39 is 5.41 Å². The minimum absolute atomic E-state index is 0.0341. The molecule has 8 atom stereocenters. The Hall–Kier alpha value is -1.98. The monoisotopic (exact) mass is 615 g/mol. The number of aryl methyl sites for hydroxylation is 1. The number of carbonyl (C=O) groups is 1. The molecule has 0 unspecified atom stereocenters. The number of ether oxygens (including phenoxy) is 1. The Balaban J connectivity index is 1.27. The fraction of sp³-hybridized carbons (Fsp3) is 0.692. The Labute approximate surface area is 269 Å². The Morgan fingerprint density at radius 3 is 2.45 bits per heavy atom. The van der Waals surface area contributed by atoms with Crippen molar-refractivity contribution in [3.8, 4) is 0 Å². The molecule has 1 N–H and O–H groups in total. The third-order valence-electron chi connectivity index (χ3n) is 14.5. The van der Waals surface area contributed by atoms with Crippen LogP contribution in [0.5, 0.6) is 0 Å². The van der Waals surface area contributed by atoms with E-state index in [1.807, 2.05) is 29.5 Å². The van der Waals surface area contributed by atoms with Crippen LogP contribution < -0.4 is 0 Å². The first-order chi connectivity index (χ1) is 20.7. The molecule has 3 saturated carbocycles. The lowest BCUT2D eigenvalue weighted by Gasteiger charge is -2.70. The van der Waals surface area contributed by atoms with Gasteiger partial charge in [-0.2, -0.15) is 0 Å². The number of aliphatic hydroxyl groups excluding tert-OH is 1. The quantitative estimate of drug-likeness (QED) is 0.276. The van der Waals surface area contributed by atoms with Crippen LogP contribution in [0.3, 0.4) is 0 Å². The molecule has 5 aliphatic carbocycles. The molecule has 4 nitrogen and oxygen atoms in total. The van der Waals surface area contributed by atoms with Gasteiger partial charge < -0.3 is 9.84 Å². The lowest BCUT2D eigenvalue weighted by molar-refractivity contribution is -0.183. The summed E-state index contributed by atoms with van der Waals surface area (Å²) in [6.45, 7) is 17.5. The van der Waals surface area contributed by atoms with Crippen LogP contribution in [0.1, 0.15) is 114 Å². The van der Waals surface area contributed by atoms with E-state index in [1.165, 1.54) is 17.0 Å². The summed E-state index contributed by atoms with van der Waals surface area (Å²) in [6, 6.07) is 10.2. The second kappa shape index (κ2) is 10.0. The van der Waals surface area contributed by atoms with Gasteiger partial charge in [0.05, 0.1) is 22.7 Å². The molecule has 3 fully saturated rings. The van der Waals surface area contributed by atoms with E-state index in [4.69, 9.17) is 9.72 Å². The summed E-state index contributed by atoms with van der Waals surface area (Å²) in [4.78, 5) is 20.7. The van der Waals surface area contributed by atoms with Crippen LogP contribution >= 0.6 is 11.3 Å². The van der Waals surface area contributed by atoms with Gasteiger partial charge in [-0.15, -0.1) is 11.3 Å². The van der Waals surface area contributed by atoms with Crippen molar-refractivity contribution in [2.24, 2.45) is 44.8 Å². The number of allylic oxidation sites excluding steroid dienone is 2. The van der Waals surface area contributed by atoms with Gasteiger partial charge in [-0.1, -0.05) is 83.5 Å². The summed E-state index contributed by atoms with van der Waals surface area (Å²) in [5, 5.41) is 12.1. The molecule has 0 saturated heterocycles. The molecule has 0 bridgehead atoms. The molecule has 0 amide bonds. The van der Waals surface area contributed by atoms with Gasteiger partial charge in [0, 0.05) is 10.3 Å². The van der Waals surface area contributed by atoms with Gasteiger partial charge in [0.25, 0.3) is 0 Å². The van der Waals surface area contributed by atoms with Crippen molar-refractivity contribution in [1.29, 1.82) is 0 Å². The Morgan fingerprint density at radius 1 is 1.00 bits per heavy atom. The smallest absolute Gasteiger partial charge is 0.313 e. The molecular formula is C39H53NO3S. The number of thiazole rings is 1. The molecule has 0 aliphatic heterocycles. The minimum atomic E-state index is -0.421. The average Bonchev–Trinajstić information content (AvgIpc) is 3.36. The predicted molar refractivity (Wildman–Crippen MR) is 177 cm³/mol. The molecule has 2 aromatic rings. The van der Waals surface area contributed by atoms with E-state index in [9.17, 15) is 9.90 Å². The van der Waals surface area contributed by atoms with E-state index in [1.54, 1.807) is 5.57 Å². The van der Waals surface area contributed by atoms with Gasteiger partial charge in [-0.3, -0.25) is 4.79 Å². The maximum Gasteiger partial charge on any atom is 0.313 e. The van der Waals surface area contributed by atoms with Crippen LogP contribution in [-0.2, 0) is 28.0 Å². The highest BCUT2D eigenvalue weighted by Gasteiger charge is 2.69. The van der Waals surface area contributed by atoms with Crippen molar-refractivity contribution in [2.75, 3.05) is 6.61 Å². The molecule has 0 spiro atoms. The summed E-state index contributed by atoms with van der Waals surface area (Å²) in [6.07, 6.45) is 12.1. The maximum atomic E-state index is 14.3. The van der Waals surface area contributed by atoms with Crippen molar-refractivity contribution < 1.29 is 14.6 Å². The summed E-state index contributed by atoms with van der Waals surface area (Å²) < 4.78 is 6.20. The standard InChI is InChI=1S/C39H53NO3S/c1-25-40-32-29(44-25)22-35(4)30(36(32,5)24-41)15-16-38(7)31(35)14-13-27-28-21-34(2,3)17-19-39(28,20-18-37(27,38)6)33(42)43-23-26-11-9-8-10-12-26/h8-13,28,30-31,41H,14-24H2,1-7H3/t28-,30+,31+,35-,36-,37+,38+,39-/m0/s1. The molecule has 7 rings (SSSR count). The molecule has 1 aromatic heterocycles. The number of hydrogen-bond acceptors (Lipinski definition) is 5. The molecule has 44 heavy (non-hydrogen) atoms. The lowest BCUT2D eigenvalue weighted by Crippen LogP contribution is -2.65. The van der Waals surface area contributed by atoms with E-state index in [2.05, 4.69) is 66.7 Å². The third kappa shape index (κ3) is 4.09. The number of rotatable bonds is 4. The number of hydrogen-bond donors (Lipinski definition) is 1. The van der Waals surface area contributed by atoms with E-state index in [0.29, 0.717) is 18.4 Å². The fourth-order valence-corrected chi connectivity index (χ4v) is 13.1. The zero-order chi connectivity index (χ0) is 31.3. The number of esters is 1. The first-order valence-corrected chi connectivity index (χ1v) is 18.0. The second-order valence-electron chi connectivity index (χ2n) is 17.2.